The number of hydrogen-bond acceptors (Lipinski definition) is 2. The Kier molecular flexibility index (Phi) is 3.24. The van der Waals surface area contributed by atoms with Gasteiger partial charge in [-0.05, 0) is 29.7 Å². The van der Waals surface area contributed by atoms with Crippen LogP contribution < -0.4 is 5.73 Å². The molecule has 0 saturated carbocycles. The summed E-state index contributed by atoms with van der Waals surface area (Å²) in [4.78, 5) is 0. The molecule has 90 valence electrons. The van der Waals surface area contributed by atoms with Crippen LogP contribution in [0.1, 0.15) is 18.2 Å². The van der Waals surface area contributed by atoms with Crippen LogP contribution >= 0.6 is 0 Å². The van der Waals surface area contributed by atoms with Crippen molar-refractivity contribution in [3.63, 3.8) is 0 Å². The van der Waals surface area contributed by atoms with Gasteiger partial charge in [-0.1, -0.05) is 13.0 Å². The monoisotopic (exact) mass is 233 g/mol. The molecule has 17 heavy (non-hydrogen) atoms. The van der Waals surface area contributed by atoms with Gasteiger partial charge >= 0.3 is 0 Å². The van der Waals surface area contributed by atoms with Crippen molar-refractivity contribution in [1.82, 2.24) is 9.78 Å². The molecular formula is C13H16FN3. The predicted octanol–water partition coefficient (Wildman–Crippen LogP) is 2.25. The highest BCUT2D eigenvalue weighted by molar-refractivity contribution is 5.69. The minimum Gasteiger partial charge on any atom is -0.326 e. The van der Waals surface area contributed by atoms with Crippen LogP contribution in [0.2, 0.25) is 0 Å². The molecule has 0 saturated heterocycles. The van der Waals surface area contributed by atoms with Crippen molar-refractivity contribution in [1.29, 1.82) is 0 Å². The number of hydrogen-bond donors (Lipinski definition) is 1. The topological polar surface area (TPSA) is 43.8 Å². The maximum absolute atomic E-state index is 13.2. The molecule has 2 rings (SSSR count). The number of benzene rings is 1. The smallest absolute Gasteiger partial charge is 0.123 e. The van der Waals surface area contributed by atoms with Gasteiger partial charge in [-0.3, -0.25) is 4.68 Å². The van der Waals surface area contributed by atoms with E-state index in [1.54, 1.807) is 10.7 Å². The molecule has 0 aliphatic rings. The third-order valence-electron chi connectivity index (χ3n) is 2.82. The van der Waals surface area contributed by atoms with Gasteiger partial charge in [-0.25, -0.2) is 4.39 Å². The third kappa shape index (κ3) is 2.22. The molecule has 0 amide bonds. The van der Waals surface area contributed by atoms with E-state index in [1.807, 2.05) is 13.2 Å². The normalized spacial score (nSPS) is 10.8. The summed E-state index contributed by atoms with van der Waals surface area (Å²) in [5.74, 6) is -0.254. The summed E-state index contributed by atoms with van der Waals surface area (Å²) in [7, 11) is 1.88. The van der Waals surface area contributed by atoms with Gasteiger partial charge < -0.3 is 5.73 Å². The van der Waals surface area contributed by atoms with E-state index in [0.717, 1.165) is 28.8 Å². The molecule has 1 heterocycles. The Morgan fingerprint density at radius 3 is 2.76 bits per heavy atom. The van der Waals surface area contributed by atoms with E-state index in [0.29, 0.717) is 6.54 Å². The summed E-state index contributed by atoms with van der Waals surface area (Å²) < 4.78 is 14.9. The van der Waals surface area contributed by atoms with Crippen molar-refractivity contribution >= 4 is 0 Å². The Morgan fingerprint density at radius 1 is 1.35 bits per heavy atom. The first-order valence-corrected chi connectivity index (χ1v) is 5.67. The van der Waals surface area contributed by atoms with Crippen LogP contribution in [0, 0.1) is 5.82 Å². The van der Waals surface area contributed by atoms with E-state index in [9.17, 15) is 4.39 Å². The van der Waals surface area contributed by atoms with Crippen molar-refractivity contribution in [3.05, 3.63) is 41.5 Å². The molecule has 3 nitrogen and oxygen atoms in total. The van der Waals surface area contributed by atoms with Gasteiger partial charge in [0.05, 0.1) is 5.69 Å². The average Bonchev–Trinajstić information content (AvgIpc) is 2.70. The molecule has 2 N–H and O–H groups in total. The molecule has 0 bridgehead atoms. The lowest BCUT2D eigenvalue weighted by Gasteiger charge is -2.07. The number of aryl methyl sites for hydroxylation is 2. The van der Waals surface area contributed by atoms with Crippen LogP contribution in [0.15, 0.2) is 24.4 Å². The second kappa shape index (κ2) is 4.67. The molecule has 1 aromatic carbocycles. The zero-order chi connectivity index (χ0) is 12.4. The first-order valence-electron chi connectivity index (χ1n) is 5.67. The van der Waals surface area contributed by atoms with Crippen LogP contribution in [-0.2, 0) is 20.0 Å². The molecule has 2 aromatic rings. The zero-order valence-corrected chi connectivity index (χ0v) is 10.1. The molecule has 0 unspecified atom stereocenters. The minimum atomic E-state index is -0.254. The standard InChI is InChI=1S/C13H16FN3/c1-3-13-12(8-17(2)16-13)11-5-4-10(14)6-9(11)7-15/h4-6,8H,3,7,15H2,1-2H3. The van der Waals surface area contributed by atoms with Crippen molar-refractivity contribution in [2.45, 2.75) is 19.9 Å². The first kappa shape index (κ1) is 11.8. The van der Waals surface area contributed by atoms with Crippen molar-refractivity contribution in [3.8, 4) is 11.1 Å². The second-order valence-corrected chi connectivity index (χ2v) is 4.02. The van der Waals surface area contributed by atoms with Crippen molar-refractivity contribution in [2.24, 2.45) is 12.8 Å². The SMILES string of the molecule is CCc1nn(C)cc1-c1ccc(F)cc1CN. The third-order valence-corrected chi connectivity index (χ3v) is 2.82. The zero-order valence-electron chi connectivity index (χ0n) is 10.1. The number of rotatable bonds is 3. The summed E-state index contributed by atoms with van der Waals surface area (Å²) in [6.45, 7) is 2.38. The molecule has 0 aliphatic heterocycles. The molecular weight excluding hydrogens is 217 g/mol. The highest BCUT2D eigenvalue weighted by Crippen LogP contribution is 2.27. The lowest BCUT2D eigenvalue weighted by Crippen LogP contribution is -2.00. The second-order valence-electron chi connectivity index (χ2n) is 4.02. The Morgan fingerprint density at radius 2 is 2.12 bits per heavy atom. The van der Waals surface area contributed by atoms with Crippen LogP contribution in [0.5, 0.6) is 0 Å². The highest BCUT2D eigenvalue weighted by atomic mass is 19.1. The van der Waals surface area contributed by atoms with Gasteiger partial charge in [0, 0.05) is 25.4 Å². The molecule has 0 fully saturated rings. The first-order chi connectivity index (χ1) is 8.15. The quantitative estimate of drug-likeness (QED) is 0.883. The fourth-order valence-electron chi connectivity index (χ4n) is 2.01. The van der Waals surface area contributed by atoms with E-state index in [2.05, 4.69) is 12.0 Å². The van der Waals surface area contributed by atoms with E-state index in [1.165, 1.54) is 12.1 Å². The Balaban J connectivity index is 2.59. The average molecular weight is 233 g/mol. The Bertz CT molecular complexity index is 531. The number of halogens is 1. The Labute approximate surface area is 100 Å². The van der Waals surface area contributed by atoms with Crippen LogP contribution in [0.4, 0.5) is 4.39 Å². The molecule has 0 spiro atoms. The summed E-state index contributed by atoms with van der Waals surface area (Å²) >= 11 is 0. The van der Waals surface area contributed by atoms with Gasteiger partial charge in [0.25, 0.3) is 0 Å². The van der Waals surface area contributed by atoms with Gasteiger partial charge in [-0.15, -0.1) is 0 Å². The number of aromatic nitrogens is 2. The Hall–Kier alpha value is -1.68. The van der Waals surface area contributed by atoms with Gasteiger partial charge in [0.1, 0.15) is 5.82 Å². The van der Waals surface area contributed by atoms with E-state index < -0.39 is 0 Å². The molecule has 0 aliphatic carbocycles. The maximum Gasteiger partial charge on any atom is 0.123 e. The van der Waals surface area contributed by atoms with E-state index in [-0.39, 0.29) is 5.82 Å². The molecule has 0 radical (unpaired) electrons. The van der Waals surface area contributed by atoms with Crippen LogP contribution in [0.25, 0.3) is 11.1 Å². The summed E-state index contributed by atoms with van der Waals surface area (Å²) in [6.07, 6.45) is 2.79. The van der Waals surface area contributed by atoms with E-state index >= 15 is 0 Å². The van der Waals surface area contributed by atoms with Crippen LogP contribution in [-0.4, -0.2) is 9.78 Å². The lowest BCUT2D eigenvalue weighted by molar-refractivity contribution is 0.625. The molecule has 4 heteroatoms. The largest absolute Gasteiger partial charge is 0.326 e. The van der Waals surface area contributed by atoms with Crippen molar-refractivity contribution < 1.29 is 4.39 Å². The molecule has 1 aromatic heterocycles. The minimum absolute atomic E-state index is 0.254. The fourth-order valence-corrected chi connectivity index (χ4v) is 2.01. The van der Waals surface area contributed by atoms with Gasteiger partial charge in [-0.2, -0.15) is 5.10 Å². The fraction of sp³-hybridized carbons (Fsp3) is 0.308. The summed E-state index contributed by atoms with van der Waals surface area (Å²) in [5.41, 5.74) is 9.49. The van der Waals surface area contributed by atoms with E-state index in [4.69, 9.17) is 5.73 Å². The summed E-state index contributed by atoms with van der Waals surface area (Å²) in [6, 6.07) is 4.72. The van der Waals surface area contributed by atoms with Crippen molar-refractivity contribution in [2.75, 3.05) is 0 Å². The highest BCUT2D eigenvalue weighted by Gasteiger charge is 2.12. The summed E-state index contributed by atoms with van der Waals surface area (Å²) in [5, 5.41) is 4.39. The number of nitrogens with two attached hydrogens (primary N) is 1. The molecule has 0 atom stereocenters. The van der Waals surface area contributed by atoms with Crippen LogP contribution in [0.3, 0.4) is 0 Å². The van der Waals surface area contributed by atoms with Gasteiger partial charge in [0.2, 0.25) is 0 Å². The predicted molar refractivity (Wildman–Crippen MR) is 65.9 cm³/mol. The maximum atomic E-state index is 13.2. The van der Waals surface area contributed by atoms with Gasteiger partial charge in [0.15, 0.2) is 0 Å². The number of nitrogens with zero attached hydrogens (tertiary/aromatic N) is 2. The lowest BCUT2D eigenvalue weighted by atomic mass is 9.99.